The topological polar surface area (TPSA) is 49.5 Å². The van der Waals surface area contributed by atoms with E-state index in [1.165, 1.54) is 11.1 Å². The fraction of sp³-hybridized carbons (Fsp3) is 0.571. The molecule has 1 aromatic rings. The highest BCUT2D eigenvalue weighted by atomic mass is 16.3. The zero-order valence-corrected chi connectivity index (χ0v) is 10.5. The van der Waals surface area contributed by atoms with Gasteiger partial charge in [0.1, 0.15) is 0 Å². The zero-order valence-electron chi connectivity index (χ0n) is 10.5. The maximum Gasteiger partial charge on any atom is 0.0698 e. The average molecular weight is 234 g/mol. The number of aliphatic hydroxyl groups excluding tert-OH is 1. The van der Waals surface area contributed by atoms with E-state index in [4.69, 9.17) is 5.73 Å². The van der Waals surface area contributed by atoms with Crippen LogP contribution in [-0.4, -0.2) is 36.2 Å². The number of benzene rings is 1. The summed E-state index contributed by atoms with van der Waals surface area (Å²) in [5.74, 6) is 0.374. The van der Waals surface area contributed by atoms with E-state index in [-0.39, 0.29) is 6.10 Å². The first-order chi connectivity index (χ1) is 8.20. The van der Waals surface area contributed by atoms with Crippen LogP contribution >= 0.6 is 0 Å². The number of nitrogens with zero attached hydrogens (tertiary/aromatic N) is 1. The Morgan fingerprint density at radius 2 is 2.06 bits per heavy atom. The number of hydrogen-bond donors (Lipinski definition) is 2. The van der Waals surface area contributed by atoms with Crippen molar-refractivity contribution in [3.8, 4) is 0 Å². The van der Waals surface area contributed by atoms with Gasteiger partial charge in [-0.15, -0.1) is 0 Å². The van der Waals surface area contributed by atoms with Crippen molar-refractivity contribution in [1.82, 2.24) is 4.90 Å². The Hall–Kier alpha value is -0.900. The molecule has 1 saturated heterocycles. The molecule has 0 amide bonds. The zero-order chi connectivity index (χ0) is 12.3. The van der Waals surface area contributed by atoms with Gasteiger partial charge >= 0.3 is 0 Å². The molecular weight excluding hydrogens is 212 g/mol. The number of piperidine rings is 1. The van der Waals surface area contributed by atoms with Crippen molar-refractivity contribution in [1.29, 1.82) is 0 Å². The Morgan fingerprint density at radius 1 is 1.35 bits per heavy atom. The van der Waals surface area contributed by atoms with Crippen LogP contribution in [0.4, 0.5) is 0 Å². The van der Waals surface area contributed by atoms with E-state index < -0.39 is 0 Å². The lowest BCUT2D eigenvalue weighted by Gasteiger charge is -2.34. The highest BCUT2D eigenvalue weighted by molar-refractivity contribution is 5.27. The summed E-state index contributed by atoms with van der Waals surface area (Å²) >= 11 is 0. The summed E-state index contributed by atoms with van der Waals surface area (Å²) in [6, 6.07) is 8.29. The maximum atomic E-state index is 10.1. The van der Waals surface area contributed by atoms with Gasteiger partial charge in [0, 0.05) is 13.1 Å². The molecule has 0 saturated carbocycles. The summed E-state index contributed by atoms with van der Waals surface area (Å²) in [5, 5.41) is 10.1. The number of hydrogen-bond acceptors (Lipinski definition) is 3. The molecule has 2 unspecified atom stereocenters. The molecule has 3 nitrogen and oxygen atoms in total. The van der Waals surface area contributed by atoms with E-state index in [1.807, 2.05) is 6.07 Å². The predicted octanol–water partition coefficient (Wildman–Crippen LogP) is 1.00. The molecule has 0 aliphatic carbocycles. The molecule has 1 aliphatic rings. The molecule has 1 heterocycles. The lowest BCUT2D eigenvalue weighted by Crippen LogP contribution is -2.42. The quantitative estimate of drug-likeness (QED) is 0.820. The molecule has 17 heavy (non-hydrogen) atoms. The second-order valence-electron chi connectivity index (χ2n) is 5.06. The molecule has 2 atom stereocenters. The van der Waals surface area contributed by atoms with Crippen LogP contribution in [0.15, 0.2) is 24.3 Å². The van der Waals surface area contributed by atoms with Gasteiger partial charge < -0.3 is 15.7 Å². The van der Waals surface area contributed by atoms with Crippen LogP contribution in [0, 0.1) is 5.92 Å². The van der Waals surface area contributed by atoms with E-state index in [0.29, 0.717) is 12.5 Å². The van der Waals surface area contributed by atoms with Gasteiger partial charge in [-0.1, -0.05) is 24.3 Å². The first-order valence-electron chi connectivity index (χ1n) is 6.34. The Morgan fingerprint density at radius 3 is 2.71 bits per heavy atom. The minimum Gasteiger partial charge on any atom is -0.391 e. The Bertz CT molecular complexity index is 367. The van der Waals surface area contributed by atoms with Gasteiger partial charge in [0.25, 0.3) is 0 Å². The maximum absolute atomic E-state index is 10.1. The number of likely N-dealkylation sites (N-methyl/N-ethyl adjacent to an activating group) is 1. The normalized spacial score (nSPS) is 26.1. The molecule has 0 aromatic heterocycles. The summed E-state index contributed by atoms with van der Waals surface area (Å²) < 4.78 is 0. The van der Waals surface area contributed by atoms with Crippen LogP contribution in [0.25, 0.3) is 0 Å². The second-order valence-corrected chi connectivity index (χ2v) is 5.06. The highest BCUT2D eigenvalue weighted by Gasteiger charge is 2.26. The van der Waals surface area contributed by atoms with Crippen LogP contribution in [0.5, 0.6) is 0 Å². The largest absolute Gasteiger partial charge is 0.391 e. The number of nitrogens with two attached hydrogens (primary N) is 1. The fourth-order valence-electron chi connectivity index (χ4n) is 2.61. The monoisotopic (exact) mass is 234 g/mol. The van der Waals surface area contributed by atoms with Crippen molar-refractivity contribution in [3.05, 3.63) is 35.4 Å². The molecule has 2 rings (SSSR count). The van der Waals surface area contributed by atoms with Gasteiger partial charge in [-0.3, -0.25) is 0 Å². The third-order valence-corrected chi connectivity index (χ3v) is 3.74. The van der Waals surface area contributed by atoms with E-state index >= 15 is 0 Å². The first-order valence-corrected chi connectivity index (χ1v) is 6.34. The van der Waals surface area contributed by atoms with Crippen molar-refractivity contribution in [2.45, 2.75) is 25.5 Å². The molecule has 3 N–H and O–H groups in total. The summed E-state index contributed by atoms with van der Waals surface area (Å²) in [6.07, 6.45) is 1.80. The molecule has 0 radical (unpaired) electrons. The van der Waals surface area contributed by atoms with Gasteiger partial charge in [-0.05, 0) is 43.5 Å². The van der Waals surface area contributed by atoms with E-state index in [1.54, 1.807) is 0 Å². The van der Waals surface area contributed by atoms with Crippen molar-refractivity contribution in [3.63, 3.8) is 0 Å². The molecule has 1 fully saturated rings. The highest BCUT2D eigenvalue weighted by Crippen LogP contribution is 2.23. The summed E-state index contributed by atoms with van der Waals surface area (Å²) in [6.45, 7) is 2.45. The van der Waals surface area contributed by atoms with Gasteiger partial charge in [-0.2, -0.15) is 0 Å². The van der Waals surface area contributed by atoms with Crippen molar-refractivity contribution in [2.75, 3.05) is 20.1 Å². The van der Waals surface area contributed by atoms with Crippen LogP contribution in [-0.2, 0) is 13.0 Å². The van der Waals surface area contributed by atoms with E-state index in [0.717, 1.165) is 25.9 Å². The van der Waals surface area contributed by atoms with Gasteiger partial charge in [0.05, 0.1) is 6.10 Å². The minimum absolute atomic E-state index is 0.209. The average Bonchev–Trinajstić information content (AvgIpc) is 2.33. The molecule has 1 aliphatic heterocycles. The molecule has 1 aromatic carbocycles. The van der Waals surface area contributed by atoms with Crippen LogP contribution in [0.2, 0.25) is 0 Å². The van der Waals surface area contributed by atoms with Gasteiger partial charge in [0.15, 0.2) is 0 Å². The van der Waals surface area contributed by atoms with Crippen LogP contribution < -0.4 is 5.73 Å². The molecule has 3 heteroatoms. The number of aliphatic hydroxyl groups is 1. The number of rotatable bonds is 3. The Balaban J connectivity index is 2.05. The van der Waals surface area contributed by atoms with Crippen LogP contribution in [0.3, 0.4) is 0 Å². The van der Waals surface area contributed by atoms with Gasteiger partial charge in [-0.25, -0.2) is 0 Å². The van der Waals surface area contributed by atoms with Crippen LogP contribution in [0.1, 0.15) is 17.5 Å². The lowest BCUT2D eigenvalue weighted by molar-refractivity contribution is 0.0325. The summed E-state index contributed by atoms with van der Waals surface area (Å²) in [5.41, 5.74) is 8.24. The van der Waals surface area contributed by atoms with Crippen molar-refractivity contribution < 1.29 is 5.11 Å². The standard InChI is InChI=1S/C14H22N2O/c1-16-7-6-12(14(17)10-16)8-11-4-2-3-5-13(11)9-15/h2-5,12,14,17H,6-10,15H2,1H3. The molecular formula is C14H22N2O. The summed E-state index contributed by atoms with van der Waals surface area (Å²) in [4.78, 5) is 2.19. The third-order valence-electron chi connectivity index (χ3n) is 3.74. The molecule has 0 bridgehead atoms. The predicted molar refractivity (Wildman–Crippen MR) is 69.6 cm³/mol. The SMILES string of the molecule is CN1CCC(Cc2ccccc2CN)C(O)C1. The Labute approximate surface area is 103 Å². The van der Waals surface area contributed by atoms with E-state index in [9.17, 15) is 5.11 Å². The fourth-order valence-corrected chi connectivity index (χ4v) is 2.61. The number of β-amino-alcohol motifs (C(OH)–C–C–N with tert-alkyl or cyclic N) is 1. The van der Waals surface area contributed by atoms with Gasteiger partial charge in [0.2, 0.25) is 0 Å². The van der Waals surface area contributed by atoms with Crippen molar-refractivity contribution >= 4 is 0 Å². The lowest BCUT2D eigenvalue weighted by atomic mass is 9.86. The third kappa shape index (κ3) is 3.06. The second kappa shape index (κ2) is 5.63. The smallest absolute Gasteiger partial charge is 0.0698 e. The Kier molecular flexibility index (Phi) is 4.15. The minimum atomic E-state index is -0.209. The number of likely N-dealkylation sites (tertiary alicyclic amines) is 1. The van der Waals surface area contributed by atoms with Crippen molar-refractivity contribution in [2.24, 2.45) is 11.7 Å². The molecule has 94 valence electrons. The van der Waals surface area contributed by atoms with E-state index in [2.05, 4.69) is 30.1 Å². The first kappa shape index (κ1) is 12.6. The summed E-state index contributed by atoms with van der Waals surface area (Å²) in [7, 11) is 2.06. The molecule has 0 spiro atoms.